The highest BCUT2D eigenvalue weighted by molar-refractivity contribution is 6.04. The van der Waals surface area contributed by atoms with Crippen LogP contribution in [-0.2, 0) is 9.53 Å². The Labute approximate surface area is 154 Å². The van der Waals surface area contributed by atoms with Crippen molar-refractivity contribution < 1.29 is 19.4 Å². The topological polar surface area (TPSA) is 137 Å². The third-order valence-corrected chi connectivity index (χ3v) is 2.93. The fourth-order valence-corrected chi connectivity index (χ4v) is 1.78. The standard InChI is InChI=1S/C17H18N4O6/c1-3-7-13(8-5-6-9-17(22)27-4-2)18-19-15-11-10-14(20(23)24)12-16(15)21(25)26/h3,5-12,19H,4H2,1-2H3. The van der Waals surface area contributed by atoms with Gasteiger partial charge >= 0.3 is 11.7 Å². The van der Waals surface area contributed by atoms with E-state index in [1.165, 1.54) is 18.2 Å². The Morgan fingerprint density at radius 3 is 2.48 bits per heavy atom. The highest BCUT2D eigenvalue weighted by Crippen LogP contribution is 2.28. The first-order chi connectivity index (χ1) is 12.9. The minimum absolute atomic E-state index is 0.00284. The molecule has 0 bridgehead atoms. The Morgan fingerprint density at radius 1 is 1.19 bits per heavy atom. The van der Waals surface area contributed by atoms with Gasteiger partial charge in [-0.3, -0.25) is 25.7 Å². The van der Waals surface area contributed by atoms with Gasteiger partial charge in [-0.2, -0.15) is 5.10 Å². The molecule has 27 heavy (non-hydrogen) atoms. The van der Waals surface area contributed by atoms with Crippen molar-refractivity contribution >= 4 is 28.7 Å². The molecule has 0 fully saturated rings. The SMILES string of the molecule is CC=CC(C=CC=CC(=O)OCC)=NNc1ccc([N+](=O)[O-])cc1[N+](=O)[O-]. The van der Waals surface area contributed by atoms with Crippen LogP contribution in [0.2, 0.25) is 0 Å². The summed E-state index contributed by atoms with van der Waals surface area (Å²) in [7, 11) is 0. The van der Waals surface area contributed by atoms with Crippen molar-refractivity contribution in [3.63, 3.8) is 0 Å². The quantitative estimate of drug-likeness (QED) is 0.174. The lowest BCUT2D eigenvalue weighted by Crippen LogP contribution is -2.01. The molecule has 0 spiro atoms. The third kappa shape index (κ3) is 7.30. The number of ether oxygens (including phenoxy) is 1. The van der Waals surface area contributed by atoms with E-state index in [9.17, 15) is 25.0 Å². The number of benzene rings is 1. The number of hydrazone groups is 1. The van der Waals surface area contributed by atoms with Gasteiger partial charge in [0.05, 0.1) is 28.2 Å². The maximum Gasteiger partial charge on any atom is 0.330 e. The summed E-state index contributed by atoms with van der Waals surface area (Å²) in [6.45, 7) is 3.73. The molecule has 0 radical (unpaired) electrons. The van der Waals surface area contributed by atoms with Gasteiger partial charge in [-0.1, -0.05) is 18.2 Å². The van der Waals surface area contributed by atoms with E-state index < -0.39 is 27.2 Å². The van der Waals surface area contributed by atoms with Crippen LogP contribution in [0.3, 0.4) is 0 Å². The maximum absolute atomic E-state index is 11.2. The van der Waals surface area contributed by atoms with Crippen LogP contribution >= 0.6 is 0 Å². The van der Waals surface area contributed by atoms with Gasteiger partial charge in [0.1, 0.15) is 5.69 Å². The fraction of sp³-hybridized carbons (Fsp3) is 0.176. The van der Waals surface area contributed by atoms with Gasteiger partial charge in [-0.25, -0.2) is 4.79 Å². The second-order valence-corrected chi connectivity index (χ2v) is 4.83. The molecule has 0 aliphatic carbocycles. The summed E-state index contributed by atoms with van der Waals surface area (Å²) in [6, 6.07) is 3.20. The van der Waals surface area contributed by atoms with Crippen LogP contribution in [0.25, 0.3) is 0 Å². The molecule has 1 aromatic rings. The Kier molecular flexibility index (Phi) is 8.59. The number of hydrogen-bond acceptors (Lipinski definition) is 8. The molecule has 10 nitrogen and oxygen atoms in total. The van der Waals surface area contributed by atoms with Gasteiger partial charge in [0, 0.05) is 12.1 Å². The number of carbonyl (C=O) groups is 1. The maximum atomic E-state index is 11.2. The van der Waals surface area contributed by atoms with E-state index in [-0.39, 0.29) is 12.3 Å². The smallest absolute Gasteiger partial charge is 0.330 e. The first kappa shape index (κ1) is 21.2. The molecular weight excluding hydrogens is 356 g/mol. The zero-order valence-electron chi connectivity index (χ0n) is 14.7. The Balaban J connectivity index is 3.00. The normalized spacial score (nSPS) is 12.0. The average molecular weight is 374 g/mol. The zero-order valence-corrected chi connectivity index (χ0v) is 14.7. The van der Waals surface area contributed by atoms with Crippen molar-refractivity contribution in [1.29, 1.82) is 0 Å². The molecule has 1 N–H and O–H groups in total. The molecule has 142 valence electrons. The molecule has 1 aromatic carbocycles. The Bertz CT molecular complexity index is 827. The van der Waals surface area contributed by atoms with Crippen molar-refractivity contribution in [2.24, 2.45) is 5.10 Å². The van der Waals surface area contributed by atoms with Gasteiger partial charge in [0.2, 0.25) is 0 Å². The van der Waals surface area contributed by atoms with Crippen LogP contribution in [0.15, 0.2) is 59.8 Å². The second-order valence-electron chi connectivity index (χ2n) is 4.83. The van der Waals surface area contributed by atoms with E-state index in [1.54, 1.807) is 38.2 Å². The predicted molar refractivity (Wildman–Crippen MR) is 101 cm³/mol. The molecule has 0 aliphatic heterocycles. The minimum Gasteiger partial charge on any atom is -0.463 e. The fourth-order valence-electron chi connectivity index (χ4n) is 1.78. The number of allylic oxidation sites excluding steroid dienone is 5. The van der Waals surface area contributed by atoms with Crippen LogP contribution in [-0.4, -0.2) is 28.1 Å². The molecular formula is C17H18N4O6. The second kappa shape index (κ2) is 10.9. The van der Waals surface area contributed by atoms with Gasteiger partial charge in [-0.15, -0.1) is 0 Å². The van der Waals surface area contributed by atoms with E-state index >= 15 is 0 Å². The molecule has 0 atom stereocenters. The van der Waals surface area contributed by atoms with Crippen molar-refractivity contribution in [2.45, 2.75) is 13.8 Å². The Morgan fingerprint density at radius 2 is 1.89 bits per heavy atom. The summed E-state index contributed by atoms with van der Waals surface area (Å²) in [6.07, 6.45) is 9.12. The van der Waals surface area contributed by atoms with Crippen LogP contribution in [0.5, 0.6) is 0 Å². The number of anilines is 1. The van der Waals surface area contributed by atoms with Crippen LogP contribution in [0.4, 0.5) is 17.1 Å². The first-order valence-corrected chi connectivity index (χ1v) is 7.79. The number of nitrogens with zero attached hydrogens (tertiary/aromatic N) is 3. The summed E-state index contributed by atoms with van der Waals surface area (Å²) in [5, 5.41) is 25.9. The molecule has 0 aromatic heterocycles. The summed E-state index contributed by atoms with van der Waals surface area (Å²) < 4.78 is 4.74. The highest BCUT2D eigenvalue weighted by atomic mass is 16.6. The van der Waals surface area contributed by atoms with E-state index in [1.807, 2.05) is 0 Å². The van der Waals surface area contributed by atoms with E-state index in [0.717, 1.165) is 12.1 Å². The number of non-ortho nitro benzene ring substituents is 1. The molecule has 0 heterocycles. The number of esters is 1. The lowest BCUT2D eigenvalue weighted by atomic mass is 10.2. The van der Waals surface area contributed by atoms with Crippen LogP contribution in [0.1, 0.15) is 13.8 Å². The molecule has 0 aliphatic rings. The van der Waals surface area contributed by atoms with Gasteiger partial charge in [0.25, 0.3) is 5.69 Å². The largest absolute Gasteiger partial charge is 0.463 e. The number of hydrogen-bond donors (Lipinski definition) is 1. The van der Waals surface area contributed by atoms with Crippen molar-refractivity contribution in [3.05, 3.63) is 74.9 Å². The number of rotatable bonds is 9. The van der Waals surface area contributed by atoms with Crippen molar-refractivity contribution in [3.8, 4) is 0 Å². The molecule has 10 heteroatoms. The van der Waals surface area contributed by atoms with Crippen LogP contribution < -0.4 is 5.43 Å². The summed E-state index contributed by atoms with van der Waals surface area (Å²) >= 11 is 0. The number of nitrogens with one attached hydrogen (secondary N) is 1. The minimum atomic E-state index is -0.738. The molecule has 1 rings (SSSR count). The van der Waals surface area contributed by atoms with E-state index in [4.69, 9.17) is 4.74 Å². The summed E-state index contributed by atoms with van der Waals surface area (Å²) in [4.78, 5) is 31.6. The molecule has 0 amide bonds. The Hall–Kier alpha value is -3.82. The lowest BCUT2D eigenvalue weighted by molar-refractivity contribution is -0.393. The predicted octanol–water partition coefficient (Wildman–Crippen LogP) is 3.52. The van der Waals surface area contributed by atoms with E-state index in [0.29, 0.717) is 5.71 Å². The van der Waals surface area contributed by atoms with Gasteiger partial charge < -0.3 is 4.74 Å². The van der Waals surface area contributed by atoms with Crippen molar-refractivity contribution in [1.82, 2.24) is 0 Å². The summed E-state index contributed by atoms with van der Waals surface area (Å²) in [5.74, 6) is -0.480. The highest BCUT2D eigenvalue weighted by Gasteiger charge is 2.19. The average Bonchev–Trinajstić information content (AvgIpc) is 2.63. The number of carbonyl (C=O) groups excluding carboxylic acids is 1. The van der Waals surface area contributed by atoms with Crippen LogP contribution in [0, 0.1) is 20.2 Å². The zero-order chi connectivity index (χ0) is 20.2. The third-order valence-electron chi connectivity index (χ3n) is 2.93. The summed E-state index contributed by atoms with van der Waals surface area (Å²) in [5.41, 5.74) is 2.06. The molecule has 0 saturated heterocycles. The first-order valence-electron chi connectivity index (χ1n) is 7.79. The van der Waals surface area contributed by atoms with Gasteiger partial charge in [0.15, 0.2) is 0 Å². The monoisotopic (exact) mass is 374 g/mol. The number of nitro benzene ring substituents is 2. The van der Waals surface area contributed by atoms with Crippen molar-refractivity contribution in [2.75, 3.05) is 12.0 Å². The molecule has 0 saturated carbocycles. The van der Waals surface area contributed by atoms with E-state index in [2.05, 4.69) is 10.5 Å². The number of nitro groups is 2. The molecule has 0 unspecified atom stereocenters. The lowest BCUT2D eigenvalue weighted by Gasteiger charge is -2.03. The van der Waals surface area contributed by atoms with Gasteiger partial charge in [-0.05, 0) is 32.1 Å².